The molecule has 2 aliphatic rings. The molecule has 2 fully saturated rings. The van der Waals surface area contributed by atoms with Gasteiger partial charge in [-0.25, -0.2) is 0 Å². The van der Waals surface area contributed by atoms with Crippen LogP contribution in [0.1, 0.15) is 45.4 Å². The lowest BCUT2D eigenvalue weighted by atomic mass is 9.80. The lowest BCUT2D eigenvalue weighted by Crippen LogP contribution is -2.45. The maximum absolute atomic E-state index is 10.2. The van der Waals surface area contributed by atoms with Crippen molar-refractivity contribution < 1.29 is 14.9 Å². The molecule has 0 radical (unpaired) electrons. The minimum atomic E-state index is -0.402. The number of rotatable bonds is 6. The Balaban J connectivity index is 1.85. The van der Waals surface area contributed by atoms with Crippen LogP contribution in [0.3, 0.4) is 0 Å². The number of aliphatic hydroxyl groups excluding tert-OH is 2. The lowest BCUT2D eigenvalue weighted by Gasteiger charge is -2.37. The first-order valence-electron chi connectivity index (χ1n) is 7.90. The van der Waals surface area contributed by atoms with Crippen molar-refractivity contribution in [2.45, 2.75) is 63.7 Å². The maximum atomic E-state index is 10.2. The average Bonchev–Trinajstić information content (AvgIpc) is 2.85. The number of hydrogen-bond acceptors (Lipinski definition) is 4. The Labute approximate surface area is 116 Å². The van der Waals surface area contributed by atoms with Crippen molar-refractivity contribution in [1.82, 2.24) is 4.90 Å². The van der Waals surface area contributed by atoms with Crippen molar-refractivity contribution in [3.05, 3.63) is 0 Å². The Bertz CT molecular complexity index is 262. The third-order valence-corrected chi connectivity index (χ3v) is 4.65. The first kappa shape index (κ1) is 15.2. The van der Waals surface area contributed by atoms with Gasteiger partial charge >= 0.3 is 0 Å². The molecule has 0 aromatic rings. The fourth-order valence-electron chi connectivity index (χ4n) is 3.73. The molecule has 4 nitrogen and oxygen atoms in total. The summed E-state index contributed by atoms with van der Waals surface area (Å²) >= 11 is 0. The van der Waals surface area contributed by atoms with Gasteiger partial charge in [-0.15, -0.1) is 0 Å². The van der Waals surface area contributed by atoms with Crippen LogP contribution in [0.2, 0.25) is 0 Å². The van der Waals surface area contributed by atoms with E-state index in [-0.39, 0.29) is 6.10 Å². The predicted octanol–water partition coefficient (Wildman–Crippen LogP) is 1.40. The van der Waals surface area contributed by atoms with Crippen LogP contribution in [0.4, 0.5) is 0 Å². The Hall–Kier alpha value is -0.160. The van der Waals surface area contributed by atoms with E-state index in [0.29, 0.717) is 31.7 Å². The van der Waals surface area contributed by atoms with Gasteiger partial charge in [0.25, 0.3) is 0 Å². The Morgan fingerprint density at radius 1 is 1.21 bits per heavy atom. The highest BCUT2D eigenvalue weighted by molar-refractivity contribution is 4.91. The van der Waals surface area contributed by atoms with Gasteiger partial charge in [-0.2, -0.15) is 0 Å². The summed E-state index contributed by atoms with van der Waals surface area (Å²) in [5, 5.41) is 20.2. The van der Waals surface area contributed by atoms with Crippen molar-refractivity contribution >= 4 is 0 Å². The molecule has 0 bridgehead atoms. The Kier molecular flexibility index (Phi) is 6.07. The molecule has 1 aliphatic heterocycles. The van der Waals surface area contributed by atoms with Crippen LogP contribution in [-0.4, -0.2) is 59.7 Å². The fraction of sp³-hybridized carbons (Fsp3) is 1.00. The summed E-state index contributed by atoms with van der Waals surface area (Å²) in [5.74, 6) is 0.413. The van der Waals surface area contributed by atoms with Crippen LogP contribution in [0.15, 0.2) is 0 Å². The third-order valence-electron chi connectivity index (χ3n) is 4.65. The van der Waals surface area contributed by atoms with Gasteiger partial charge in [0.05, 0.1) is 18.8 Å². The van der Waals surface area contributed by atoms with E-state index in [9.17, 15) is 10.2 Å². The van der Waals surface area contributed by atoms with E-state index < -0.39 is 6.10 Å². The average molecular weight is 271 g/mol. The molecular weight excluding hydrogens is 242 g/mol. The third kappa shape index (κ3) is 4.15. The molecule has 0 aromatic heterocycles. The van der Waals surface area contributed by atoms with Crippen LogP contribution in [-0.2, 0) is 4.74 Å². The topological polar surface area (TPSA) is 52.9 Å². The van der Waals surface area contributed by atoms with Crippen LogP contribution >= 0.6 is 0 Å². The predicted molar refractivity (Wildman–Crippen MR) is 75.1 cm³/mol. The monoisotopic (exact) mass is 271 g/mol. The summed E-state index contributed by atoms with van der Waals surface area (Å²) in [6.07, 6.45) is 6.33. The van der Waals surface area contributed by atoms with Gasteiger partial charge in [-0.1, -0.05) is 12.8 Å². The summed E-state index contributed by atoms with van der Waals surface area (Å²) in [6, 6.07) is 0.464. The highest BCUT2D eigenvalue weighted by Crippen LogP contribution is 2.34. The van der Waals surface area contributed by atoms with E-state index >= 15 is 0 Å². The lowest BCUT2D eigenvalue weighted by molar-refractivity contribution is -0.0106. The number of aliphatic hydroxyl groups is 2. The zero-order chi connectivity index (χ0) is 13.7. The second kappa shape index (κ2) is 7.58. The van der Waals surface area contributed by atoms with Crippen molar-refractivity contribution in [1.29, 1.82) is 0 Å². The molecule has 1 saturated carbocycles. The number of hydrogen-bond donors (Lipinski definition) is 2. The van der Waals surface area contributed by atoms with E-state index in [1.807, 2.05) is 6.92 Å². The van der Waals surface area contributed by atoms with Gasteiger partial charge in [-0.05, 0) is 39.2 Å². The van der Waals surface area contributed by atoms with Crippen molar-refractivity contribution in [2.75, 3.05) is 26.3 Å². The van der Waals surface area contributed by atoms with Crippen molar-refractivity contribution in [3.8, 4) is 0 Å². The molecule has 4 atom stereocenters. The molecule has 1 heterocycles. The minimum absolute atomic E-state index is 0.136. The first-order chi connectivity index (χ1) is 9.22. The maximum Gasteiger partial charge on any atom is 0.0900 e. The van der Waals surface area contributed by atoms with E-state index in [1.54, 1.807) is 0 Å². The molecule has 4 heteroatoms. The SMILES string of the molecule is CCOCC(O)CN1CCCC1C1CCCCC1O. The first-order valence-corrected chi connectivity index (χ1v) is 7.90. The number of nitrogens with zero attached hydrogens (tertiary/aromatic N) is 1. The van der Waals surface area contributed by atoms with Gasteiger partial charge in [0.2, 0.25) is 0 Å². The fourth-order valence-corrected chi connectivity index (χ4v) is 3.73. The summed E-state index contributed by atoms with van der Waals surface area (Å²) < 4.78 is 5.28. The van der Waals surface area contributed by atoms with Gasteiger partial charge in [0, 0.05) is 25.1 Å². The molecular formula is C15H29NO3. The highest BCUT2D eigenvalue weighted by Gasteiger charge is 2.37. The molecule has 2 rings (SSSR count). The minimum Gasteiger partial charge on any atom is -0.393 e. The summed E-state index contributed by atoms with van der Waals surface area (Å²) in [6.45, 7) is 4.77. The Morgan fingerprint density at radius 2 is 2.00 bits per heavy atom. The molecule has 0 spiro atoms. The zero-order valence-corrected chi connectivity index (χ0v) is 12.1. The zero-order valence-electron chi connectivity index (χ0n) is 12.1. The van der Waals surface area contributed by atoms with Crippen LogP contribution in [0.5, 0.6) is 0 Å². The highest BCUT2D eigenvalue weighted by atomic mass is 16.5. The number of β-amino-alcohol motifs (C(OH)–C–C–N with tert-alkyl or cyclic N) is 1. The second-order valence-electron chi connectivity index (χ2n) is 6.03. The van der Waals surface area contributed by atoms with Crippen LogP contribution in [0, 0.1) is 5.92 Å². The van der Waals surface area contributed by atoms with E-state index in [4.69, 9.17) is 4.74 Å². The Morgan fingerprint density at radius 3 is 2.74 bits per heavy atom. The summed E-state index contributed by atoms with van der Waals surface area (Å²) in [4.78, 5) is 2.38. The van der Waals surface area contributed by atoms with Gasteiger partial charge in [0.1, 0.15) is 0 Å². The molecule has 19 heavy (non-hydrogen) atoms. The van der Waals surface area contributed by atoms with E-state index in [1.165, 1.54) is 19.3 Å². The van der Waals surface area contributed by atoms with E-state index in [2.05, 4.69) is 4.90 Å². The van der Waals surface area contributed by atoms with Crippen LogP contribution in [0.25, 0.3) is 0 Å². The normalized spacial score (nSPS) is 34.6. The van der Waals surface area contributed by atoms with Crippen LogP contribution < -0.4 is 0 Å². The number of likely N-dealkylation sites (tertiary alicyclic amines) is 1. The molecule has 2 N–H and O–H groups in total. The number of ether oxygens (including phenoxy) is 1. The van der Waals surface area contributed by atoms with E-state index in [0.717, 1.165) is 25.8 Å². The molecule has 112 valence electrons. The second-order valence-corrected chi connectivity index (χ2v) is 6.03. The standard InChI is InChI=1S/C15H29NO3/c1-2-19-11-12(17)10-16-9-5-7-14(16)13-6-3-4-8-15(13)18/h12-15,17-18H,2-11H2,1H3. The molecule has 0 amide bonds. The summed E-state index contributed by atoms with van der Waals surface area (Å²) in [5.41, 5.74) is 0. The molecule has 1 saturated heterocycles. The van der Waals surface area contributed by atoms with Gasteiger partial charge in [-0.3, -0.25) is 4.90 Å². The molecule has 1 aliphatic carbocycles. The molecule has 0 aromatic carbocycles. The molecule has 4 unspecified atom stereocenters. The summed E-state index contributed by atoms with van der Waals surface area (Å²) in [7, 11) is 0. The van der Waals surface area contributed by atoms with Crippen molar-refractivity contribution in [3.63, 3.8) is 0 Å². The largest absolute Gasteiger partial charge is 0.393 e. The van der Waals surface area contributed by atoms with Gasteiger partial charge < -0.3 is 14.9 Å². The smallest absolute Gasteiger partial charge is 0.0900 e. The van der Waals surface area contributed by atoms with Gasteiger partial charge in [0.15, 0.2) is 0 Å². The quantitative estimate of drug-likeness (QED) is 0.767. The van der Waals surface area contributed by atoms with Crippen molar-refractivity contribution in [2.24, 2.45) is 5.92 Å².